The third-order valence-corrected chi connectivity index (χ3v) is 2.86. The Labute approximate surface area is 74.0 Å². The van der Waals surface area contributed by atoms with Crippen LogP contribution < -0.4 is 0 Å². The summed E-state index contributed by atoms with van der Waals surface area (Å²) in [6, 6.07) is 0.697. The Morgan fingerprint density at radius 1 is 1.58 bits per heavy atom. The van der Waals surface area contributed by atoms with Crippen LogP contribution in [-0.4, -0.2) is 30.7 Å². The second-order valence-electron chi connectivity index (χ2n) is 3.71. The van der Waals surface area contributed by atoms with E-state index in [2.05, 4.69) is 23.1 Å². The van der Waals surface area contributed by atoms with Crippen LogP contribution in [0.25, 0.3) is 0 Å². The molecule has 2 heterocycles. The van der Waals surface area contributed by atoms with Crippen LogP contribution in [0.5, 0.6) is 0 Å². The van der Waals surface area contributed by atoms with Gasteiger partial charge < -0.3 is 0 Å². The van der Waals surface area contributed by atoms with Crippen molar-refractivity contribution in [1.82, 2.24) is 4.90 Å². The van der Waals surface area contributed by atoms with E-state index in [0.29, 0.717) is 6.04 Å². The zero-order valence-electron chi connectivity index (χ0n) is 7.66. The van der Waals surface area contributed by atoms with Gasteiger partial charge in [0, 0.05) is 18.5 Å². The number of likely N-dealkylation sites (tertiary alicyclic amines) is 1. The minimum Gasteiger partial charge on any atom is -0.300 e. The number of rotatable bonds is 1. The monoisotopic (exact) mass is 164 g/mol. The van der Waals surface area contributed by atoms with Crippen LogP contribution in [-0.2, 0) is 0 Å². The third-order valence-electron chi connectivity index (χ3n) is 2.86. The molecule has 12 heavy (non-hydrogen) atoms. The zero-order valence-corrected chi connectivity index (χ0v) is 7.66. The van der Waals surface area contributed by atoms with E-state index in [0.717, 1.165) is 6.42 Å². The van der Waals surface area contributed by atoms with Crippen LogP contribution in [0.1, 0.15) is 25.7 Å². The fourth-order valence-corrected chi connectivity index (χ4v) is 2.15. The molecule has 0 aliphatic carbocycles. The summed E-state index contributed by atoms with van der Waals surface area (Å²) in [5, 5.41) is 0. The van der Waals surface area contributed by atoms with Gasteiger partial charge in [-0.2, -0.15) is 0 Å². The molecule has 0 bridgehead atoms. The number of nitrogens with zero attached hydrogens (tertiary/aromatic N) is 2. The molecule has 1 fully saturated rings. The van der Waals surface area contributed by atoms with E-state index in [-0.39, 0.29) is 0 Å². The first kappa shape index (κ1) is 7.99. The maximum Gasteiger partial charge on any atom is 0.0323 e. The van der Waals surface area contributed by atoms with Crippen LogP contribution in [0, 0.1) is 0 Å². The fraction of sp³-hybridized carbons (Fsp3) is 0.700. The Balaban J connectivity index is 2.07. The van der Waals surface area contributed by atoms with E-state index < -0.39 is 0 Å². The molecular weight excluding hydrogens is 148 g/mol. The SMILES string of the molecule is CN1CCCC1C1=CN=CCC1. The highest BCUT2D eigenvalue weighted by Gasteiger charge is 2.24. The number of aliphatic imine (C=N–C) groups is 1. The van der Waals surface area contributed by atoms with Gasteiger partial charge in [0.25, 0.3) is 0 Å². The van der Waals surface area contributed by atoms with Gasteiger partial charge in [-0.25, -0.2) is 0 Å². The largest absolute Gasteiger partial charge is 0.300 e. The van der Waals surface area contributed by atoms with E-state index in [1.165, 1.54) is 31.4 Å². The molecule has 0 saturated carbocycles. The van der Waals surface area contributed by atoms with Crippen molar-refractivity contribution in [2.75, 3.05) is 13.6 Å². The molecule has 0 aromatic rings. The quantitative estimate of drug-likeness (QED) is 0.577. The summed E-state index contributed by atoms with van der Waals surface area (Å²) in [5.41, 5.74) is 1.54. The summed E-state index contributed by atoms with van der Waals surface area (Å²) < 4.78 is 0. The topological polar surface area (TPSA) is 15.6 Å². The summed E-state index contributed by atoms with van der Waals surface area (Å²) in [4.78, 5) is 6.67. The molecule has 2 aliphatic rings. The van der Waals surface area contributed by atoms with Crippen molar-refractivity contribution >= 4 is 6.21 Å². The van der Waals surface area contributed by atoms with Gasteiger partial charge in [0.05, 0.1) is 0 Å². The minimum atomic E-state index is 0.697. The summed E-state index contributed by atoms with van der Waals surface area (Å²) >= 11 is 0. The first-order valence-electron chi connectivity index (χ1n) is 4.79. The standard InChI is InChI=1S/C10H16N2/c1-12-7-3-5-10(12)9-4-2-6-11-8-9/h6,8,10H,2-5,7H2,1H3. The molecule has 2 rings (SSSR count). The van der Waals surface area contributed by atoms with Crippen molar-refractivity contribution in [3.8, 4) is 0 Å². The first-order chi connectivity index (χ1) is 5.88. The van der Waals surface area contributed by atoms with Crippen molar-refractivity contribution in [3.05, 3.63) is 11.8 Å². The highest BCUT2D eigenvalue weighted by Crippen LogP contribution is 2.25. The molecule has 0 aromatic carbocycles. The Kier molecular flexibility index (Phi) is 2.26. The molecule has 0 amide bonds. The Morgan fingerprint density at radius 3 is 3.08 bits per heavy atom. The average molecular weight is 164 g/mol. The van der Waals surface area contributed by atoms with Crippen molar-refractivity contribution < 1.29 is 0 Å². The summed E-state index contributed by atoms with van der Waals surface area (Å²) in [6.07, 6.45) is 9.11. The van der Waals surface area contributed by atoms with Gasteiger partial charge in [0.2, 0.25) is 0 Å². The fourth-order valence-electron chi connectivity index (χ4n) is 2.15. The molecule has 0 aromatic heterocycles. The minimum absolute atomic E-state index is 0.697. The number of hydrogen-bond acceptors (Lipinski definition) is 2. The molecule has 2 heteroatoms. The molecule has 2 nitrogen and oxygen atoms in total. The maximum atomic E-state index is 4.22. The number of hydrogen-bond donors (Lipinski definition) is 0. The molecule has 0 radical (unpaired) electrons. The number of likely N-dealkylation sites (N-methyl/N-ethyl adjacent to an activating group) is 1. The molecule has 2 aliphatic heterocycles. The second-order valence-corrected chi connectivity index (χ2v) is 3.71. The smallest absolute Gasteiger partial charge is 0.0323 e. The molecule has 0 spiro atoms. The van der Waals surface area contributed by atoms with Gasteiger partial charge in [0.15, 0.2) is 0 Å². The highest BCUT2D eigenvalue weighted by molar-refractivity contribution is 5.60. The second kappa shape index (κ2) is 3.40. The van der Waals surface area contributed by atoms with E-state index in [9.17, 15) is 0 Å². The summed E-state index contributed by atoms with van der Waals surface area (Å²) in [7, 11) is 2.22. The maximum absolute atomic E-state index is 4.22. The lowest BCUT2D eigenvalue weighted by molar-refractivity contribution is 0.339. The van der Waals surface area contributed by atoms with Crippen molar-refractivity contribution in [2.24, 2.45) is 4.99 Å². The summed E-state index contributed by atoms with van der Waals surface area (Å²) in [6.45, 7) is 1.26. The molecular formula is C10H16N2. The molecule has 66 valence electrons. The van der Waals surface area contributed by atoms with Gasteiger partial charge in [-0.1, -0.05) is 0 Å². The van der Waals surface area contributed by atoms with Crippen molar-refractivity contribution in [2.45, 2.75) is 31.7 Å². The third kappa shape index (κ3) is 1.44. The average Bonchev–Trinajstić information content (AvgIpc) is 2.53. The lowest BCUT2D eigenvalue weighted by Gasteiger charge is -2.22. The van der Waals surface area contributed by atoms with E-state index in [4.69, 9.17) is 0 Å². The van der Waals surface area contributed by atoms with E-state index >= 15 is 0 Å². The van der Waals surface area contributed by atoms with Gasteiger partial charge in [-0.05, 0) is 44.8 Å². The predicted octanol–water partition coefficient (Wildman–Crippen LogP) is 1.83. The molecule has 1 unspecified atom stereocenters. The van der Waals surface area contributed by atoms with Gasteiger partial charge in [-0.3, -0.25) is 9.89 Å². The van der Waals surface area contributed by atoms with Crippen LogP contribution >= 0.6 is 0 Å². The first-order valence-corrected chi connectivity index (χ1v) is 4.79. The van der Waals surface area contributed by atoms with E-state index in [1.807, 2.05) is 6.21 Å². The van der Waals surface area contributed by atoms with Crippen molar-refractivity contribution in [1.29, 1.82) is 0 Å². The van der Waals surface area contributed by atoms with Crippen LogP contribution in [0.3, 0.4) is 0 Å². The Bertz CT molecular complexity index is 218. The highest BCUT2D eigenvalue weighted by atomic mass is 15.1. The zero-order chi connectivity index (χ0) is 8.39. The van der Waals surface area contributed by atoms with Gasteiger partial charge in [-0.15, -0.1) is 0 Å². The van der Waals surface area contributed by atoms with Gasteiger partial charge in [0.1, 0.15) is 0 Å². The molecule has 1 atom stereocenters. The van der Waals surface area contributed by atoms with Crippen LogP contribution in [0.15, 0.2) is 16.8 Å². The normalized spacial score (nSPS) is 30.8. The Hall–Kier alpha value is -0.630. The summed E-state index contributed by atoms with van der Waals surface area (Å²) in [5.74, 6) is 0. The van der Waals surface area contributed by atoms with Crippen LogP contribution in [0.4, 0.5) is 0 Å². The lowest BCUT2D eigenvalue weighted by atomic mass is 10.00. The molecule has 0 N–H and O–H groups in total. The predicted molar refractivity (Wildman–Crippen MR) is 51.5 cm³/mol. The molecule has 1 saturated heterocycles. The van der Waals surface area contributed by atoms with E-state index in [1.54, 1.807) is 0 Å². The van der Waals surface area contributed by atoms with Crippen molar-refractivity contribution in [3.63, 3.8) is 0 Å². The Morgan fingerprint density at radius 2 is 2.50 bits per heavy atom. The lowest BCUT2D eigenvalue weighted by Crippen LogP contribution is -2.27. The van der Waals surface area contributed by atoms with Crippen LogP contribution in [0.2, 0.25) is 0 Å². The van der Waals surface area contributed by atoms with Gasteiger partial charge >= 0.3 is 0 Å².